The molecule has 2 N–H and O–H groups in total. The quantitative estimate of drug-likeness (QED) is 0.597. The van der Waals surface area contributed by atoms with Crippen LogP contribution in [0.5, 0.6) is 5.75 Å². The Balaban J connectivity index is 1.51. The summed E-state index contributed by atoms with van der Waals surface area (Å²) in [6.45, 7) is 4.26. The van der Waals surface area contributed by atoms with Crippen LogP contribution in [0.4, 0.5) is 5.69 Å². The summed E-state index contributed by atoms with van der Waals surface area (Å²) in [4.78, 5) is 54.6. The minimum Gasteiger partial charge on any atom is -0.493 e. The molecule has 5 rings (SSSR count). The second-order valence-corrected chi connectivity index (χ2v) is 8.42. The average molecular weight is 446 g/mol. The normalized spacial score (nSPS) is 19.7. The van der Waals surface area contributed by atoms with Gasteiger partial charge in [0.2, 0.25) is 11.8 Å². The van der Waals surface area contributed by atoms with Crippen molar-refractivity contribution < 1.29 is 19.1 Å². The topological polar surface area (TPSA) is 119 Å². The van der Waals surface area contributed by atoms with Crippen molar-refractivity contribution in [1.29, 1.82) is 0 Å². The molecule has 0 aliphatic carbocycles. The number of para-hydroxylation sites is 1. The number of carbonyl (C=O) groups excluding carboxylic acids is 3. The number of nitrogens with zero attached hydrogens (tertiary/aromatic N) is 2. The summed E-state index contributed by atoms with van der Waals surface area (Å²) in [5.41, 5.74) is 1.82. The maximum Gasteiger partial charge on any atom is 0.262 e. The molecule has 2 atom stereocenters. The number of aryl methyl sites for hydroxylation is 1. The van der Waals surface area contributed by atoms with Crippen LogP contribution in [0.25, 0.3) is 10.9 Å². The Labute approximate surface area is 188 Å². The first-order valence-electron chi connectivity index (χ1n) is 10.8. The third kappa shape index (κ3) is 3.55. The van der Waals surface area contributed by atoms with Gasteiger partial charge in [-0.05, 0) is 43.7 Å². The number of hydrogen-bond acceptors (Lipinski definition) is 6. The lowest BCUT2D eigenvalue weighted by Gasteiger charge is -2.24. The Kier molecular flexibility index (Phi) is 4.96. The number of imide groups is 1. The maximum atomic E-state index is 13.3. The first-order chi connectivity index (χ1) is 15.8. The highest BCUT2D eigenvalue weighted by molar-refractivity contribution is 6.08. The number of nitrogens with one attached hydrogen (secondary N) is 2. The maximum absolute atomic E-state index is 13.3. The van der Waals surface area contributed by atoms with Gasteiger partial charge in [0.1, 0.15) is 23.1 Å². The zero-order chi connectivity index (χ0) is 23.3. The predicted molar refractivity (Wildman–Crippen MR) is 120 cm³/mol. The SMILES string of the molecule is Cc1nc2c(NC(=O)c3ccc4c(c3)C(C)CO4)cccc2c(=O)n1C1CCC(=O)NC1=O. The molecule has 168 valence electrons. The van der Waals surface area contributed by atoms with Crippen LogP contribution in [0, 0.1) is 6.92 Å². The molecule has 9 heteroatoms. The van der Waals surface area contributed by atoms with Gasteiger partial charge in [-0.15, -0.1) is 0 Å². The smallest absolute Gasteiger partial charge is 0.262 e. The van der Waals surface area contributed by atoms with Crippen molar-refractivity contribution in [2.24, 2.45) is 0 Å². The largest absolute Gasteiger partial charge is 0.493 e. The van der Waals surface area contributed by atoms with Crippen LogP contribution >= 0.6 is 0 Å². The lowest BCUT2D eigenvalue weighted by Crippen LogP contribution is -2.45. The molecule has 1 fully saturated rings. The van der Waals surface area contributed by atoms with Gasteiger partial charge in [0.05, 0.1) is 17.7 Å². The predicted octanol–water partition coefficient (Wildman–Crippen LogP) is 2.43. The molecule has 0 radical (unpaired) electrons. The molecule has 3 aromatic rings. The molecule has 9 nitrogen and oxygen atoms in total. The number of ether oxygens (including phenoxy) is 1. The minimum absolute atomic E-state index is 0.154. The molecule has 2 aliphatic heterocycles. The number of piperidine rings is 1. The summed E-state index contributed by atoms with van der Waals surface area (Å²) in [5.74, 6) is 0.131. The van der Waals surface area contributed by atoms with Gasteiger partial charge in [-0.25, -0.2) is 4.98 Å². The monoisotopic (exact) mass is 446 g/mol. The van der Waals surface area contributed by atoms with Crippen molar-refractivity contribution in [1.82, 2.24) is 14.9 Å². The van der Waals surface area contributed by atoms with Crippen molar-refractivity contribution in [3.63, 3.8) is 0 Å². The van der Waals surface area contributed by atoms with E-state index < -0.39 is 17.5 Å². The number of rotatable bonds is 3. The van der Waals surface area contributed by atoms with Gasteiger partial charge in [0.25, 0.3) is 11.5 Å². The van der Waals surface area contributed by atoms with Crippen molar-refractivity contribution in [3.8, 4) is 5.75 Å². The Morgan fingerprint density at radius 1 is 1.21 bits per heavy atom. The molecule has 2 unspecified atom stereocenters. The lowest BCUT2D eigenvalue weighted by atomic mass is 10.0. The van der Waals surface area contributed by atoms with Crippen LogP contribution in [0.2, 0.25) is 0 Å². The zero-order valence-electron chi connectivity index (χ0n) is 18.2. The first kappa shape index (κ1) is 20.9. The van der Waals surface area contributed by atoms with Crippen molar-refractivity contribution in [2.45, 2.75) is 38.6 Å². The summed E-state index contributed by atoms with van der Waals surface area (Å²) in [5, 5.41) is 5.41. The summed E-state index contributed by atoms with van der Waals surface area (Å²) >= 11 is 0. The number of fused-ring (bicyclic) bond motifs is 2. The van der Waals surface area contributed by atoms with E-state index in [2.05, 4.69) is 15.6 Å². The van der Waals surface area contributed by atoms with E-state index >= 15 is 0 Å². The van der Waals surface area contributed by atoms with Gasteiger partial charge in [-0.2, -0.15) is 0 Å². The fourth-order valence-electron chi connectivity index (χ4n) is 4.43. The van der Waals surface area contributed by atoms with E-state index in [0.29, 0.717) is 29.2 Å². The molecule has 3 heterocycles. The Bertz CT molecular complexity index is 1390. The van der Waals surface area contributed by atoms with Crippen LogP contribution in [-0.2, 0) is 9.59 Å². The van der Waals surface area contributed by atoms with E-state index in [-0.39, 0.29) is 36.0 Å². The van der Waals surface area contributed by atoms with E-state index in [1.54, 1.807) is 37.3 Å². The molecule has 3 amide bonds. The van der Waals surface area contributed by atoms with Gasteiger partial charge in [-0.1, -0.05) is 13.0 Å². The molecule has 0 bridgehead atoms. The summed E-state index contributed by atoms with van der Waals surface area (Å²) < 4.78 is 6.91. The fraction of sp³-hybridized carbons (Fsp3) is 0.292. The fourth-order valence-corrected chi connectivity index (χ4v) is 4.43. The second kappa shape index (κ2) is 7.84. The highest BCUT2D eigenvalue weighted by Crippen LogP contribution is 2.34. The number of anilines is 1. The molecule has 33 heavy (non-hydrogen) atoms. The molecule has 2 aliphatic rings. The van der Waals surface area contributed by atoms with Gasteiger partial charge in [0.15, 0.2) is 0 Å². The van der Waals surface area contributed by atoms with E-state index in [4.69, 9.17) is 4.74 Å². The molecular formula is C24H22N4O5. The molecule has 1 aromatic heterocycles. The standard InChI is InChI=1S/C24H22N4O5/c1-12-11-33-19-8-6-14(10-16(12)19)22(30)26-17-5-3-4-15-21(17)25-13(2)28(24(15)32)18-7-9-20(29)27-23(18)31/h3-6,8,10,12,18H,7,9,11H2,1-2H3,(H,26,30)(H,27,29,31). The second-order valence-electron chi connectivity index (χ2n) is 8.42. The number of benzene rings is 2. The molecule has 1 saturated heterocycles. The van der Waals surface area contributed by atoms with E-state index in [1.807, 2.05) is 13.0 Å². The first-order valence-corrected chi connectivity index (χ1v) is 10.8. The Morgan fingerprint density at radius 2 is 2.03 bits per heavy atom. The van der Waals surface area contributed by atoms with Crippen LogP contribution in [0.1, 0.15) is 53.5 Å². The van der Waals surface area contributed by atoms with Crippen molar-refractivity contribution in [3.05, 3.63) is 63.7 Å². The zero-order valence-corrected chi connectivity index (χ0v) is 18.2. The van der Waals surface area contributed by atoms with E-state index in [0.717, 1.165) is 11.3 Å². The van der Waals surface area contributed by atoms with Crippen molar-refractivity contribution >= 4 is 34.3 Å². The van der Waals surface area contributed by atoms with E-state index in [9.17, 15) is 19.2 Å². The van der Waals surface area contributed by atoms with Gasteiger partial charge in [-0.3, -0.25) is 29.1 Å². The Morgan fingerprint density at radius 3 is 2.82 bits per heavy atom. The average Bonchev–Trinajstić information content (AvgIpc) is 3.16. The summed E-state index contributed by atoms with van der Waals surface area (Å²) in [6.07, 6.45) is 0.385. The molecule has 0 saturated carbocycles. The molecule has 2 aromatic carbocycles. The van der Waals surface area contributed by atoms with Crippen LogP contribution in [-0.4, -0.2) is 33.9 Å². The number of amides is 3. The van der Waals surface area contributed by atoms with Gasteiger partial charge < -0.3 is 10.1 Å². The number of aromatic nitrogens is 2. The van der Waals surface area contributed by atoms with Crippen molar-refractivity contribution in [2.75, 3.05) is 11.9 Å². The number of hydrogen-bond donors (Lipinski definition) is 2. The summed E-state index contributed by atoms with van der Waals surface area (Å²) in [7, 11) is 0. The lowest BCUT2D eigenvalue weighted by molar-refractivity contribution is -0.135. The third-order valence-electron chi connectivity index (χ3n) is 6.17. The van der Waals surface area contributed by atoms with Gasteiger partial charge in [0, 0.05) is 23.5 Å². The highest BCUT2D eigenvalue weighted by Gasteiger charge is 2.30. The van der Waals surface area contributed by atoms with Crippen LogP contribution in [0.15, 0.2) is 41.2 Å². The van der Waals surface area contributed by atoms with Crippen LogP contribution in [0.3, 0.4) is 0 Å². The van der Waals surface area contributed by atoms with E-state index in [1.165, 1.54) is 4.57 Å². The summed E-state index contributed by atoms with van der Waals surface area (Å²) in [6, 6.07) is 9.45. The number of carbonyl (C=O) groups is 3. The van der Waals surface area contributed by atoms with Gasteiger partial charge >= 0.3 is 0 Å². The molecular weight excluding hydrogens is 424 g/mol. The Hall–Kier alpha value is -4.01. The highest BCUT2D eigenvalue weighted by atomic mass is 16.5. The third-order valence-corrected chi connectivity index (χ3v) is 6.17. The van der Waals surface area contributed by atoms with Crippen LogP contribution < -0.4 is 20.9 Å². The molecule has 0 spiro atoms. The minimum atomic E-state index is -0.805.